The van der Waals surface area contributed by atoms with Crippen LogP contribution < -0.4 is 10.1 Å². The topological polar surface area (TPSA) is 109 Å². The third-order valence-electron chi connectivity index (χ3n) is 5.12. The summed E-state index contributed by atoms with van der Waals surface area (Å²) in [6.07, 6.45) is 0.107. The molecular weight excluding hydrogens is 410 g/mol. The van der Waals surface area contributed by atoms with Crippen LogP contribution in [0.1, 0.15) is 16.1 Å². The molecule has 0 aliphatic carbocycles. The third kappa shape index (κ3) is 4.57. The zero-order chi connectivity index (χ0) is 22.7. The standard InChI is InChI=1S/C25H21NO6/c1-31-20-9-10-22-18(13-20)14-23(32-22)24(28)26-21(25(29)30)11-15-5-7-16(8-6-15)17-3-2-4-19(27)12-17/h2-10,12-14,21,27H,11H2,1H3,(H,26,28)(H,29,30)/t21-/m0/s1. The molecule has 0 aliphatic heterocycles. The van der Waals surface area contributed by atoms with Crippen LogP contribution in [0.15, 0.2) is 77.2 Å². The number of hydrogen-bond donors (Lipinski definition) is 3. The first-order valence-corrected chi connectivity index (χ1v) is 9.92. The van der Waals surface area contributed by atoms with Crippen molar-refractivity contribution in [2.75, 3.05) is 7.11 Å². The molecule has 0 spiro atoms. The minimum absolute atomic E-state index is 0.0266. The second-order valence-electron chi connectivity index (χ2n) is 7.33. The number of aromatic hydroxyl groups is 1. The number of ether oxygens (including phenoxy) is 1. The van der Waals surface area contributed by atoms with Crippen LogP contribution in [0.5, 0.6) is 11.5 Å². The fraction of sp³-hybridized carbons (Fsp3) is 0.120. The van der Waals surface area contributed by atoms with E-state index in [4.69, 9.17) is 9.15 Å². The quantitative estimate of drug-likeness (QED) is 0.404. The Hall–Kier alpha value is -4.26. The summed E-state index contributed by atoms with van der Waals surface area (Å²) < 4.78 is 10.7. The molecule has 0 aliphatic rings. The molecule has 0 fully saturated rings. The molecular formula is C25H21NO6. The molecule has 3 aromatic carbocycles. The Morgan fingerprint density at radius 3 is 2.47 bits per heavy atom. The van der Waals surface area contributed by atoms with Gasteiger partial charge in [0.1, 0.15) is 23.1 Å². The highest BCUT2D eigenvalue weighted by molar-refractivity contribution is 5.98. The SMILES string of the molecule is COc1ccc2oc(C(=O)N[C@@H](Cc3ccc(-c4cccc(O)c4)cc3)C(=O)O)cc2c1. The highest BCUT2D eigenvalue weighted by Gasteiger charge is 2.23. The molecule has 7 nitrogen and oxygen atoms in total. The number of furan rings is 1. The number of benzene rings is 3. The fourth-order valence-corrected chi connectivity index (χ4v) is 3.44. The maximum atomic E-state index is 12.6. The largest absolute Gasteiger partial charge is 0.508 e. The summed E-state index contributed by atoms with van der Waals surface area (Å²) in [6, 6.07) is 19.7. The van der Waals surface area contributed by atoms with Gasteiger partial charge < -0.3 is 24.7 Å². The van der Waals surface area contributed by atoms with Gasteiger partial charge in [0.2, 0.25) is 0 Å². The van der Waals surface area contributed by atoms with Gasteiger partial charge in [-0.05, 0) is 53.1 Å². The van der Waals surface area contributed by atoms with Crippen LogP contribution in [0.2, 0.25) is 0 Å². The lowest BCUT2D eigenvalue weighted by molar-refractivity contribution is -0.139. The number of nitrogens with one attached hydrogen (secondary N) is 1. The summed E-state index contributed by atoms with van der Waals surface area (Å²) in [5.74, 6) is -0.928. The Bertz CT molecular complexity index is 1280. The van der Waals surface area contributed by atoms with Gasteiger partial charge in [-0.3, -0.25) is 4.79 Å². The minimum atomic E-state index is -1.15. The Morgan fingerprint density at radius 2 is 1.78 bits per heavy atom. The van der Waals surface area contributed by atoms with Crippen molar-refractivity contribution in [3.8, 4) is 22.6 Å². The van der Waals surface area contributed by atoms with Crippen LogP contribution >= 0.6 is 0 Å². The number of phenols is 1. The van der Waals surface area contributed by atoms with E-state index in [2.05, 4.69) is 5.32 Å². The summed E-state index contributed by atoms with van der Waals surface area (Å²) >= 11 is 0. The maximum Gasteiger partial charge on any atom is 0.326 e. The number of amides is 1. The van der Waals surface area contributed by atoms with Crippen LogP contribution in [0.4, 0.5) is 0 Å². The number of carboxylic acids is 1. The average Bonchev–Trinajstić information content (AvgIpc) is 3.22. The molecule has 7 heteroatoms. The lowest BCUT2D eigenvalue weighted by atomic mass is 10.0. The molecule has 0 saturated carbocycles. The van der Waals surface area contributed by atoms with Gasteiger partial charge in [-0.15, -0.1) is 0 Å². The third-order valence-corrected chi connectivity index (χ3v) is 5.12. The normalized spacial score (nSPS) is 11.8. The number of carbonyl (C=O) groups is 2. The van der Waals surface area contributed by atoms with E-state index >= 15 is 0 Å². The predicted octanol–water partition coefficient (Wildman–Crippen LogP) is 4.24. The Morgan fingerprint density at radius 1 is 1.00 bits per heavy atom. The molecule has 1 atom stereocenters. The summed E-state index contributed by atoms with van der Waals surface area (Å²) in [4.78, 5) is 24.4. The fourth-order valence-electron chi connectivity index (χ4n) is 3.44. The van der Waals surface area contributed by atoms with Crippen molar-refractivity contribution >= 4 is 22.8 Å². The number of phenolic OH excluding ortho intramolecular Hbond substituents is 1. The first-order valence-electron chi connectivity index (χ1n) is 9.92. The number of hydrogen-bond acceptors (Lipinski definition) is 5. The van der Waals surface area contributed by atoms with Crippen molar-refractivity contribution in [2.24, 2.45) is 0 Å². The zero-order valence-corrected chi connectivity index (χ0v) is 17.2. The summed E-state index contributed by atoms with van der Waals surface area (Å²) in [6.45, 7) is 0. The number of carbonyl (C=O) groups excluding carboxylic acids is 1. The lowest BCUT2D eigenvalue weighted by Crippen LogP contribution is -2.42. The van der Waals surface area contributed by atoms with Crippen LogP contribution in [-0.2, 0) is 11.2 Å². The monoisotopic (exact) mass is 431 g/mol. The van der Waals surface area contributed by atoms with Crippen LogP contribution in [0.25, 0.3) is 22.1 Å². The van der Waals surface area contributed by atoms with Crippen molar-refractivity contribution in [1.82, 2.24) is 5.32 Å². The molecule has 32 heavy (non-hydrogen) atoms. The van der Waals surface area contributed by atoms with Gasteiger partial charge in [-0.25, -0.2) is 4.79 Å². The second kappa shape index (κ2) is 8.85. The Labute approximate surface area is 183 Å². The van der Waals surface area contributed by atoms with E-state index in [0.717, 1.165) is 16.7 Å². The summed E-state index contributed by atoms with van der Waals surface area (Å²) in [7, 11) is 1.54. The average molecular weight is 431 g/mol. The number of rotatable bonds is 7. The molecule has 3 N–H and O–H groups in total. The Kier molecular flexibility index (Phi) is 5.81. The molecule has 0 bridgehead atoms. The van der Waals surface area contributed by atoms with Gasteiger partial charge in [0, 0.05) is 11.8 Å². The Balaban J connectivity index is 1.48. The van der Waals surface area contributed by atoms with Gasteiger partial charge in [0.25, 0.3) is 5.91 Å². The van der Waals surface area contributed by atoms with Crippen LogP contribution in [0.3, 0.4) is 0 Å². The van der Waals surface area contributed by atoms with Gasteiger partial charge >= 0.3 is 5.97 Å². The van der Waals surface area contributed by atoms with Crippen molar-refractivity contribution in [3.05, 3.63) is 84.1 Å². The first kappa shape index (κ1) is 21.0. The summed E-state index contributed by atoms with van der Waals surface area (Å²) in [5, 5.41) is 22.5. The van der Waals surface area contributed by atoms with E-state index in [0.29, 0.717) is 16.7 Å². The van der Waals surface area contributed by atoms with Crippen LogP contribution in [-0.4, -0.2) is 35.2 Å². The van der Waals surface area contributed by atoms with Gasteiger partial charge in [0.05, 0.1) is 7.11 Å². The molecule has 0 radical (unpaired) electrons. The van der Waals surface area contributed by atoms with Crippen molar-refractivity contribution in [3.63, 3.8) is 0 Å². The highest BCUT2D eigenvalue weighted by Crippen LogP contribution is 2.25. The molecule has 4 aromatic rings. The summed E-state index contributed by atoms with van der Waals surface area (Å²) in [5.41, 5.74) is 2.99. The molecule has 0 saturated heterocycles. The van der Waals surface area contributed by atoms with Gasteiger partial charge in [0.15, 0.2) is 5.76 Å². The smallest absolute Gasteiger partial charge is 0.326 e. The first-order chi connectivity index (χ1) is 15.4. The number of fused-ring (bicyclic) bond motifs is 1. The molecule has 0 unspecified atom stereocenters. The van der Waals surface area contributed by atoms with E-state index in [1.165, 1.54) is 0 Å². The highest BCUT2D eigenvalue weighted by atomic mass is 16.5. The van der Waals surface area contributed by atoms with Gasteiger partial charge in [-0.1, -0.05) is 36.4 Å². The molecule has 1 heterocycles. The molecule has 4 rings (SSSR count). The van der Waals surface area contributed by atoms with E-state index in [1.54, 1.807) is 61.7 Å². The van der Waals surface area contributed by atoms with Gasteiger partial charge in [-0.2, -0.15) is 0 Å². The number of carboxylic acid groups (broad SMARTS) is 1. The minimum Gasteiger partial charge on any atom is -0.508 e. The number of aliphatic carboxylic acids is 1. The van der Waals surface area contributed by atoms with E-state index in [9.17, 15) is 19.8 Å². The molecule has 1 aromatic heterocycles. The second-order valence-corrected chi connectivity index (χ2v) is 7.33. The zero-order valence-electron chi connectivity index (χ0n) is 17.2. The molecule has 162 valence electrons. The predicted molar refractivity (Wildman–Crippen MR) is 119 cm³/mol. The van der Waals surface area contributed by atoms with Crippen molar-refractivity contribution < 1.29 is 29.0 Å². The molecule has 1 amide bonds. The van der Waals surface area contributed by atoms with E-state index < -0.39 is 17.9 Å². The van der Waals surface area contributed by atoms with Crippen molar-refractivity contribution in [1.29, 1.82) is 0 Å². The van der Waals surface area contributed by atoms with E-state index in [-0.39, 0.29) is 17.9 Å². The van der Waals surface area contributed by atoms with Crippen LogP contribution in [0, 0.1) is 0 Å². The van der Waals surface area contributed by atoms with E-state index in [1.807, 2.05) is 18.2 Å². The maximum absolute atomic E-state index is 12.6. The lowest BCUT2D eigenvalue weighted by Gasteiger charge is -2.14. The van der Waals surface area contributed by atoms with Crippen molar-refractivity contribution in [2.45, 2.75) is 12.5 Å². The number of methoxy groups -OCH3 is 1.